The molecule has 2 heterocycles. The predicted octanol–water partition coefficient (Wildman–Crippen LogP) is 3.28. The number of pyridine rings is 1. The first-order valence-electron chi connectivity index (χ1n) is 7.74. The van der Waals surface area contributed by atoms with Crippen LogP contribution < -0.4 is 10.6 Å². The van der Waals surface area contributed by atoms with E-state index in [2.05, 4.69) is 25.6 Å². The molecule has 2 N–H and O–H groups in total. The Morgan fingerprint density at radius 2 is 1.88 bits per heavy atom. The summed E-state index contributed by atoms with van der Waals surface area (Å²) in [4.78, 5) is 12.6. The van der Waals surface area contributed by atoms with Gasteiger partial charge in [0.25, 0.3) is 0 Å². The number of nitrogens with zero attached hydrogens (tertiary/aromatic N) is 3. The number of nitrogens with one attached hydrogen (secondary N) is 2. The van der Waals surface area contributed by atoms with E-state index in [-0.39, 0.29) is 5.82 Å². The number of hydrogen-bond acceptors (Lipinski definition) is 5. The standard InChI is InChI=1S/C18H18FN5/c19-16-6-2-1-5-15(16)7-10-21-18-22-11-8-17(24-18)23-13-14-4-3-9-20-12-14/h1-6,8-9,11-12H,7,10,13H2,(H2,21,22,23,24). The van der Waals surface area contributed by atoms with Crippen molar-refractivity contribution in [2.45, 2.75) is 13.0 Å². The number of benzene rings is 1. The molecule has 0 saturated heterocycles. The maximum Gasteiger partial charge on any atom is 0.224 e. The van der Waals surface area contributed by atoms with Crippen LogP contribution in [0.15, 0.2) is 61.1 Å². The van der Waals surface area contributed by atoms with E-state index in [0.29, 0.717) is 31.0 Å². The topological polar surface area (TPSA) is 62.7 Å². The fourth-order valence-corrected chi connectivity index (χ4v) is 2.25. The molecule has 0 fully saturated rings. The summed E-state index contributed by atoms with van der Waals surface area (Å²) in [6, 6.07) is 12.5. The molecule has 0 aliphatic heterocycles. The molecule has 3 rings (SSSR count). The monoisotopic (exact) mass is 323 g/mol. The zero-order valence-electron chi connectivity index (χ0n) is 13.1. The van der Waals surface area contributed by atoms with Crippen molar-refractivity contribution in [2.24, 2.45) is 0 Å². The molecule has 0 spiro atoms. The molecule has 122 valence electrons. The summed E-state index contributed by atoms with van der Waals surface area (Å²) in [7, 11) is 0. The minimum atomic E-state index is -0.188. The summed E-state index contributed by atoms with van der Waals surface area (Å²) in [5, 5.41) is 6.35. The van der Waals surface area contributed by atoms with E-state index in [1.165, 1.54) is 6.07 Å². The summed E-state index contributed by atoms with van der Waals surface area (Å²) in [5.74, 6) is 1.05. The Morgan fingerprint density at radius 3 is 2.71 bits per heavy atom. The molecule has 24 heavy (non-hydrogen) atoms. The van der Waals surface area contributed by atoms with E-state index >= 15 is 0 Å². The average Bonchev–Trinajstić information content (AvgIpc) is 2.63. The minimum Gasteiger partial charge on any atom is -0.366 e. The lowest BCUT2D eigenvalue weighted by Gasteiger charge is -2.08. The van der Waals surface area contributed by atoms with E-state index in [4.69, 9.17) is 0 Å². The number of halogens is 1. The molecule has 0 amide bonds. The van der Waals surface area contributed by atoms with Gasteiger partial charge in [-0.05, 0) is 35.7 Å². The van der Waals surface area contributed by atoms with Crippen molar-refractivity contribution in [3.05, 3.63) is 78.0 Å². The van der Waals surface area contributed by atoms with Crippen molar-refractivity contribution in [1.82, 2.24) is 15.0 Å². The second kappa shape index (κ2) is 8.01. The highest BCUT2D eigenvalue weighted by atomic mass is 19.1. The number of aromatic nitrogens is 3. The lowest BCUT2D eigenvalue weighted by Crippen LogP contribution is -2.10. The van der Waals surface area contributed by atoms with Crippen molar-refractivity contribution in [3.8, 4) is 0 Å². The van der Waals surface area contributed by atoms with Crippen LogP contribution >= 0.6 is 0 Å². The molecule has 5 nitrogen and oxygen atoms in total. The van der Waals surface area contributed by atoms with Gasteiger partial charge < -0.3 is 10.6 Å². The van der Waals surface area contributed by atoms with E-state index < -0.39 is 0 Å². The molecule has 0 atom stereocenters. The Labute approximate surface area is 140 Å². The zero-order valence-corrected chi connectivity index (χ0v) is 13.1. The summed E-state index contributed by atoms with van der Waals surface area (Å²) < 4.78 is 13.6. The van der Waals surface area contributed by atoms with Crippen molar-refractivity contribution in [2.75, 3.05) is 17.2 Å². The van der Waals surface area contributed by atoms with Crippen LogP contribution in [0.1, 0.15) is 11.1 Å². The Bertz CT molecular complexity index is 779. The molecule has 6 heteroatoms. The molecule has 0 saturated carbocycles. The molecule has 2 aromatic heterocycles. The quantitative estimate of drug-likeness (QED) is 0.699. The highest BCUT2D eigenvalue weighted by Gasteiger charge is 2.02. The third-order valence-corrected chi connectivity index (χ3v) is 3.49. The largest absolute Gasteiger partial charge is 0.366 e. The first kappa shape index (κ1) is 15.9. The van der Waals surface area contributed by atoms with Crippen molar-refractivity contribution >= 4 is 11.8 Å². The van der Waals surface area contributed by atoms with E-state index in [1.807, 2.05) is 24.4 Å². The molecule has 0 unspecified atom stereocenters. The fourth-order valence-electron chi connectivity index (χ4n) is 2.25. The lowest BCUT2D eigenvalue weighted by atomic mass is 10.1. The predicted molar refractivity (Wildman–Crippen MR) is 92.2 cm³/mol. The van der Waals surface area contributed by atoms with Gasteiger partial charge in [0, 0.05) is 31.7 Å². The van der Waals surface area contributed by atoms with Crippen LogP contribution in [-0.2, 0) is 13.0 Å². The molecule has 0 bridgehead atoms. The van der Waals surface area contributed by atoms with Gasteiger partial charge in [-0.2, -0.15) is 4.98 Å². The minimum absolute atomic E-state index is 0.188. The van der Waals surface area contributed by atoms with Gasteiger partial charge in [0.2, 0.25) is 5.95 Å². The van der Waals surface area contributed by atoms with Gasteiger partial charge in [-0.15, -0.1) is 0 Å². The van der Waals surface area contributed by atoms with E-state index in [9.17, 15) is 4.39 Å². The van der Waals surface area contributed by atoms with Crippen LogP contribution in [0.3, 0.4) is 0 Å². The molecule has 1 aromatic carbocycles. The maximum atomic E-state index is 13.6. The Kier molecular flexibility index (Phi) is 5.29. The van der Waals surface area contributed by atoms with Crippen molar-refractivity contribution < 1.29 is 4.39 Å². The van der Waals surface area contributed by atoms with Gasteiger partial charge in [-0.25, -0.2) is 9.37 Å². The third kappa shape index (κ3) is 4.49. The smallest absolute Gasteiger partial charge is 0.224 e. The number of rotatable bonds is 7. The SMILES string of the molecule is Fc1ccccc1CCNc1nccc(NCc2cccnc2)n1. The second-order valence-electron chi connectivity index (χ2n) is 5.25. The highest BCUT2D eigenvalue weighted by Crippen LogP contribution is 2.10. The van der Waals surface area contributed by atoms with Gasteiger partial charge in [0.15, 0.2) is 0 Å². The molecule has 0 aliphatic carbocycles. The first-order valence-corrected chi connectivity index (χ1v) is 7.74. The van der Waals surface area contributed by atoms with Crippen LogP contribution in [0, 0.1) is 5.82 Å². The second-order valence-corrected chi connectivity index (χ2v) is 5.25. The fraction of sp³-hybridized carbons (Fsp3) is 0.167. The van der Waals surface area contributed by atoms with Gasteiger partial charge in [-0.1, -0.05) is 24.3 Å². The number of hydrogen-bond donors (Lipinski definition) is 2. The number of anilines is 2. The summed E-state index contributed by atoms with van der Waals surface area (Å²) >= 11 is 0. The molecule has 0 radical (unpaired) electrons. The average molecular weight is 323 g/mol. The van der Waals surface area contributed by atoms with Crippen LogP contribution in [0.2, 0.25) is 0 Å². The van der Waals surface area contributed by atoms with Crippen LogP contribution in [-0.4, -0.2) is 21.5 Å². The molecular weight excluding hydrogens is 305 g/mol. The van der Waals surface area contributed by atoms with Crippen molar-refractivity contribution in [1.29, 1.82) is 0 Å². The zero-order chi connectivity index (χ0) is 16.6. The van der Waals surface area contributed by atoms with Crippen LogP contribution in [0.4, 0.5) is 16.2 Å². The third-order valence-electron chi connectivity index (χ3n) is 3.49. The summed E-state index contributed by atoms with van der Waals surface area (Å²) in [6.45, 7) is 1.20. The van der Waals surface area contributed by atoms with Gasteiger partial charge in [0.1, 0.15) is 11.6 Å². The molecule has 0 aliphatic rings. The van der Waals surface area contributed by atoms with Gasteiger partial charge in [0.05, 0.1) is 0 Å². The van der Waals surface area contributed by atoms with E-state index in [0.717, 1.165) is 11.4 Å². The maximum absolute atomic E-state index is 13.6. The normalized spacial score (nSPS) is 10.4. The molecular formula is C18H18FN5. The Morgan fingerprint density at radius 1 is 0.958 bits per heavy atom. The van der Waals surface area contributed by atoms with Crippen molar-refractivity contribution in [3.63, 3.8) is 0 Å². The molecule has 3 aromatic rings. The van der Waals surface area contributed by atoms with Crippen LogP contribution in [0.5, 0.6) is 0 Å². The Hall–Kier alpha value is -3.02. The van der Waals surface area contributed by atoms with Gasteiger partial charge >= 0.3 is 0 Å². The van der Waals surface area contributed by atoms with E-state index in [1.54, 1.807) is 30.6 Å². The lowest BCUT2D eigenvalue weighted by molar-refractivity contribution is 0.610. The summed E-state index contributed by atoms with van der Waals surface area (Å²) in [6.07, 6.45) is 5.81. The van der Waals surface area contributed by atoms with Crippen LogP contribution in [0.25, 0.3) is 0 Å². The highest BCUT2D eigenvalue weighted by molar-refractivity contribution is 5.40. The first-order chi connectivity index (χ1) is 11.8. The summed E-state index contributed by atoms with van der Waals surface area (Å²) in [5.41, 5.74) is 1.75. The van der Waals surface area contributed by atoms with Gasteiger partial charge in [-0.3, -0.25) is 4.98 Å². The Balaban J connectivity index is 1.52.